The Morgan fingerprint density at radius 1 is 1.05 bits per heavy atom. The highest BCUT2D eigenvalue weighted by Gasteiger charge is 2.27. The average Bonchev–Trinajstić information content (AvgIpc) is 2.42. The molecule has 0 radical (unpaired) electrons. The molecule has 2 rings (SSSR count). The number of piperazine rings is 1. The molecular weight excluding hydrogens is 236 g/mol. The van der Waals surface area contributed by atoms with Gasteiger partial charge in [-0.2, -0.15) is 0 Å². The van der Waals surface area contributed by atoms with E-state index in [9.17, 15) is 5.11 Å². The van der Waals surface area contributed by atoms with Gasteiger partial charge in [0, 0.05) is 32.7 Å². The van der Waals surface area contributed by atoms with Crippen LogP contribution in [0.15, 0.2) is 30.3 Å². The van der Waals surface area contributed by atoms with Gasteiger partial charge < -0.3 is 10.0 Å². The van der Waals surface area contributed by atoms with Gasteiger partial charge in [-0.3, -0.25) is 4.90 Å². The van der Waals surface area contributed by atoms with E-state index in [1.54, 1.807) is 0 Å². The van der Waals surface area contributed by atoms with E-state index in [1.807, 2.05) is 37.3 Å². The summed E-state index contributed by atoms with van der Waals surface area (Å²) in [7, 11) is 0. The third-order valence-electron chi connectivity index (χ3n) is 3.93. The van der Waals surface area contributed by atoms with Crippen LogP contribution in [0.25, 0.3) is 0 Å². The Morgan fingerprint density at radius 2 is 1.63 bits per heavy atom. The molecule has 1 fully saturated rings. The van der Waals surface area contributed by atoms with Crippen LogP contribution in [0.1, 0.15) is 25.8 Å². The van der Waals surface area contributed by atoms with Crippen LogP contribution in [-0.2, 0) is 5.60 Å². The maximum atomic E-state index is 10.7. The number of rotatable bonds is 5. The van der Waals surface area contributed by atoms with Crippen molar-refractivity contribution in [2.45, 2.75) is 25.9 Å². The lowest BCUT2D eigenvalue weighted by atomic mass is 9.95. The second-order valence-corrected chi connectivity index (χ2v) is 5.76. The van der Waals surface area contributed by atoms with E-state index < -0.39 is 5.60 Å². The molecule has 0 aromatic heterocycles. The molecule has 0 bridgehead atoms. The van der Waals surface area contributed by atoms with E-state index >= 15 is 0 Å². The maximum Gasteiger partial charge on any atom is 0.0994 e. The summed E-state index contributed by atoms with van der Waals surface area (Å²) in [6.07, 6.45) is 1.22. The number of nitrogens with zero attached hydrogens (tertiary/aromatic N) is 2. The average molecular weight is 262 g/mol. The van der Waals surface area contributed by atoms with Crippen LogP contribution >= 0.6 is 0 Å². The standard InChI is InChI=1S/C16H26N2O/c1-3-9-17-10-12-18(13-11-17)14-16(2,19)15-7-5-4-6-8-15/h4-8,19H,3,9-14H2,1-2H3. The SMILES string of the molecule is CCCN1CCN(CC(C)(O)c2ccccc2)CC1. The Labute approximate surface area is 116 Å². The minimum atomic E-state index is -0.756. The summed E-state index contributed by atoms with van der Waals surface area (Å²) in [4.78, 5) is 4.88. The third kappa shape index (κ3) is 4.03. The van der Waals surface area contributed by atoms with E-state index in [4.69, 9.17) is 0 Å². The van der Waals surface area contributed by atoms with Crippen LogP contribution in [0, 0.1) is 0 Å². The maximum absolute atomic E-state index is 10.7. The zero-order valence-electron chi connectivity index (χ0n) is 12.2. The predicted octanol–water partition coefficient (Wildman–Crippen LogP) is 1.92. The Hall–Kier alpha value is -0.900. The van der Waals surface area contributed by atoms with Crippen molar-refractivity contribution >= 4 is 0 Å². The van der Waals surface area contributed by atoms with E-state index in [-0.39, 0.29) is 0 Å². The molecule has 3 nitrogen and oxygen atoms in total. The summed E-state index contributed by atoms with van der Waals surface area (Å²) in [6.45, 7) is 10.4. The van der Waals surface area contributed by atoms with E-state index in [0.29, 0.717) is 0 Å². The number of hydrogen-bond acceptors (Lipinski definition) is 3. The highest BCUT2D eigenvalue weighted by Crippen LogP contribution is 2.22. The minimum absolute atomic E-state index is 0.719. The molecule has 1 saturated heterocycles. The molecule has 0 amide bonds. The van der Waals surface area contributed by atoms with Crippen molar-refractivity contribution < 1.29 is 5.11 Å². The molecule has 106 valence electrons. The van der Waals surface area contributed by atoms with Gasteiger partial charge in [0.1, 0.15) is 0 Å². The topological polar surface area (TPSA) is 26.7 Å². The Balaban J connectivity index is 1.88. The van der Waals surface area contributed by atoms with Crippen LogP contribution in [-0.4, -0.2) is 54.2 Å². The normalized spacial score (nSPS) is 21.2. The molecule has 1 aliphatic rings. The van der Waals surface area contributed by atoms with Crippen molar-refractivity contribution in [3.8, 4) is 0 Å². The van der Waals surface area contributed by atoms with Crippen molar-refractivity contribution in [2.75, 3.05) is 39.3 Å². The van der Waals surface area contributed by atoms with Crippen molar-refractivity contribution in [3.05, 3.63) is 35.9 Å². The van der Waals surface area contributed by atoms with Gasteiger partial charge in [-0.1, -0.05) is 37.3 Å². The smallest absolute Gasteiger partial charge is 0.0994 e. The Kier molecular flexibility index (Phi) is 4.97. The fourth-order valence-electron chi connectivity index (χ4n) is 2.81. The first-order chi connectivity index (χ1) is 9.12. The summed E-state index contributed by atoms with van der Waals surface area (Å²) < 4.78 is 0. The fraction of sp³-hybridized carbons (Fsp3) is 0.625. The predicted molar refractivity (Wildman–Crippen MR) is 79.2 cm³/mol. The zero-order chi connectivity index (χ0) is 13.7. The molecule has 0 aliphatic carbocycles. The Morgan fingerprint density at radius 3 is 2.21 bits per heavy atom. The summed E-state index contributed by atoms with van der Waals surface area (Å²) in [5, 5.41) is 10.7. The highest BCUT2D eigenvalue weighted by atomic mass is 16.3. The van der Waals surface area contributed by atoms with Crippen molar-refractivity contribution in [3.63, 3.8) is 0 Å². The number of β-amino-alcohol motifs (C(OH)–C–C–N with tert-alkyl or cyclic N) is 1. The Bertz CT molecular complexity index is 370. The largest absolute Gasteiger partial charge is 0.384 e. The first kappa shape index (κ1) is 14.5. The van der Waals surface area contributed by atoms with Gasteiger partial charge in [0.15, 0.2) is 0 Å². The second kappa shape index (κ2) is 6.51. The summed E-state index contributed by atoms with van der Waals surface area (Å²) >= 11 is 0. The monoisotopic (exact) mass is 262 g/mol. The highest BCUT2D eigenvalue weighted by molar-refractivity contribution is 5.21. The fourth-order valence-corrected chi connectivity index (χ4v) is 2.81. The van der Waals surface area contributed by atoms with Crippen LogP contribution < -0.4 is 0 Å². The third-order valence-corrected chi connectivity index (χ3v) is 3.93. The van der Waals surface area contributed by atoms with Crippen LogP contribution in [0.5, 0.6) is 0 Å². The molecule has 1 atom stereocenters. The molecule has 1 N–H and O–H groups in total. The van der Waals surface area contributed by atoms with Gasteiger partial charge in [0.2, 0.25) is 0 Å². The molecular formula is C16H26N2O. The first-order valence-corrected chi connectivity index (χ1v) is 7.34. The first-order valence-electron chi connectivity index (χ1n) is 7.34. The molecule has 19 heavy (non-hydrogen) atoms. The molecule has 1 aromatic carbocycles. The molecule has 0 saturated carbocycles. The van der Waals surface area contributed by atoms with E-state index in [2.05, 4.69) is 16.7 Å². The van der Waals surface area contributed by atoms with Crippen LogP contribution in [0.3, 0.4) is 0 Å². The van der Waals surface area contributed by atoms with Gasteiger partial charge in [-0.25, -0.2) is 0 Å². The van der Waals surface area contributed by atoms with E-state index in [1.165, 1.54) is 13.0 Å². The van der Waals surface area contributed by atoms with Gasteiger partial charge in [0.25, 0.3) is 0 Å². The van der Waals surface area contributed by atoms with Gasteiger partial charge in [0.05, 0.1) is 5.60 Å². The van der Waals surface area contributed by atoms with Gasteiger partial charge >= 0.3 is 0 Å². The lowest BCUT2D eigenvalue weighted by Gasteiger charge is -2.38. The van der Waals surface area contributed by atoms with E-state index in [0.717, 1.165) is 38.3 Å². The molecule has 1 aliphatic heterocycles. The van der Waals surface area contributed by atoms with Crippen molar-refractivity contribution in [2.24, 2.45) is 0 Å². The van der Waals surface area contributed by atoms with Gasteiger partial charge in [-0.05, 0) is 25.5 Å². The number of benzene rings is 1. The van der Waals surface area contributed by atoms with Crippen LogP contribution in [0.4, 0.5) is 0 Å². The van der Waals surface area contributed by atoms with Crippen molar-refractivity contribution in [1.82, 2.24) is 9.80 Å². The van der Waals surface area contributed by atoms with Crippen LogP contribution in [0.2, 0.25) is 0 Å². The zero-order valence-corrected chi connectivity index (χ0v) is 12.2. The molecule has 3 heteroatoms. The summed E-state index contributed by atoms with van der Waals surface area (Å²) in [5.41, 5.74) is 0.250. The number of aliphatic hydroxyl groups is 1. The molecule has 1 heterocycles. The second-order valence-electron chi connectivity index (χ2n) is 5.76. The number of hydrogen-bond donors (Lipinski definition) is 1. The summed E-state index contributed by atoms with van der Waals surface area (Å²) in [6, 6.07) is 9.98. The molecule has 0 spiro atoms. The minimum Gasteiger partial charge on any atom is -0.384 e. The summed E-state index contributed by atoms with van der Waals surface area (Å²) in [5.74, 6) is 0. The lowest BCUT2D eigenvalue weighted by Crippen LogP contribution is -2.50. The van der Waals surface area contributed by atoms with Gasteiger partial charge in [-0.15, -0.1) is 0 Å². The molecule has 1 unspecified atom stereocenters. The quantitative estimate of drug-likeness (QED) is 0.878. The van der Waals surface area contributed by atoms with Crippen molar-refractivity contribution in [1.29, 1.82) is 0 Å². The molecule has 1 aromatic rings. The lowest BCUT2D eigenvalue weighted by molar-refractivity contribution is 0.000542.